The number of nitrogens with zero attached hydrogens (tertiary/aromatic N) is 1. The van der Waals surface area contributed by atoms with Crippen molar-refractivity contribution in [1.82, 2.24) is 5.32 Å². The summed E-state index contributed by atoms with van der Waals surface area (Å²) in [5.41, 5.74) is 5.41. The van der Waals surface area contributed by atoms with Crippen molar-refractivity contribution >= 4 is 17.8 Å². The zero-order valence-electron chi connectivity index (χ0n) is 10.5. The van der Waals surface area contributed by atoms with E-state index in [2.05, 4.69) is 5.32 Å². The summed E-state index contributed by atoms with van der Waals surface area (Å²) in [4.78, 5) is 33.5. The molecule has 0 spiro atoms. The first-order valence-electron chi connectivity index (χ1n) is 5.76. The van der Waals surface area contributed by atoms with E-state index < -0.39 is 23.8 Å². The Morgan fingerprint density at radius 3 is 2.65 bits per heavy atom. The van der Waals surface area contributed by atoms with Gasteiger partial charge in [-0.3, -0.25) is 9.59 Å². The van der Waals surface area contributed by atoms with E-state index >= 15 is 0 Å². The van der Waals surface area contributed by atoms with E-state index in [1.807, 2.05) is 6.07 Å². The highest BCUT2D eigenvalue weighted by molar-refractivity contribution is 5.96. The van der Waals surface area contributed by atoms with Crippen molar-refractivity contribution in [2.24, 2.45) is 5.73 Å². The number of carboxylic acid groups (broad SMARTS) is 1. The van der Waals surface area contributed by atoms with E-state index in [0.717, 1.165) is 0 Å². The summed E-state index contributed by atoms with van der Waals surface area (Å²) in [6.07, 6.45) is -0.232. The number of nitrogens with one attached hydrogen (secondary N) is 1. The van der Waals surface area contributed by atoms with Gasteiger partial charge in [0, 0.05) is 12.0 Å². The monoisotopic (exact) mass is 275 g/mol. The van der Waals surface area contributed by atoms with Gasteiger partial charge < -0.3 is 16.2 Å². The molecule has 1 atom stereocenters. The molecule has 1 aromatic carbocycles. The van der Waals surface area contributed by atoms with Crippen LogP contribution in [0.15, 0.2) is 24.3 Å². The molecule has 1 rings (SSSR count). The van der Waals surface area contributed by atoms with Crippen molar-refractivity contribution < 1.29 is 19.5 Å². The Balaban J connectivity index is 2.77. The Morgan fingerprint density at radius 1 is 1.40 bits per heavy atom. The lowest BCUT2D eigenvalue weighted by Gasteiger charge is -2.13. The van der Waals surface area contributed by atoms with Crippen LogP contribution in [0.3, 0.4) is 0 Å². The third kappa shape index (κ3) is 4.42. The van der Waals surface area contributed by atoms with Crippen LogP contribution >= 0.6 is 0 Å². The third-order valence-corrected chi connectivity index (χ3v) is 2.54. The second kappa shape index (κ2) is 6.89. The number of hydrogen-bond acceptors (Lipinski definition) is 4. The number of amides is 2. The van der Waals surface area contributed by atoms with Gasteiger partial charge in [-0.15, -0.1) is 0 Å². The fraction of sp³-hybridized carbons (Fsp3) is 0.231. The number of benzene rings is 1. The highest BCUT2D eigenvalue weighted by Crippen LogP contribution is 2.06. The van der Waals surface area contributed by atoms with Crippen LogP contribution in [0.1, 0.15) is 28.8 Å². The smallest absolute Gasteiger partial charge is 0.326 e. The van der Waals surface area contributed by atoms with Crippen molar-refractivity contribution in [3.05, 3.63) is 35.4 Å². The molecular weight excluding hydrogens is 262 g/mol. The maximum Gasteiger partial charge on any atom is 0.326 e. The van der Waals surface area contributed by atoms with Crippen LogP contribution in [0.4, 0.5) is 0 Å². The Labute approximate surface area is 115 Å². The molecule has 0 saturated heterocycles. The summed E-state index contributed by atoms with van der Waals surface area (Å²) in [6.45, 7) is 0. The zero-order valence-corrected chi connectivity index (χ0v) is 10.5. The number of carbonyl (C=O) groups is 3. The van der Waals surface area contributed by atoms with Gasteiger partial charge in [0.05, 0.1) is 11.6 Å². The summed E-state index contributed by atoms with van der Waals surface area (Å²) in [5.74, 6) is -2.52. The van der Waals surface area contributed by atoms with Crippen LogP contribution in [-0.4, -0.2) is 28.9 Å². The molecule has 7 heteroatoms. The second-order valence-corrected chi connectivity index (χ2v) is 4.06. The lowest BCUT2D eigenvalue weighted by molar-refractivity contribution is -0.139. The number of nitrogens with two attached hydrogens (primary N) is 1. The van der Waals surface area contributed by atoms with E-state index in [4.69, 9.17) is 16.1 Å². The van der Waals surface area contributed by atoms with Gasteiger partial charge in [0.2, 0.25) is 5.91 Å². The van der Waals surface area contributed by atoms with E-state index in [0.29, 0.717) is 5.56 Å². The minimum absolute atomic E-state index is 0.0889. The normalized spacial score (nSPS) is 11.2. The van der Waals surface area contributed by atoms with Crippen LogP contribution in [0.25, 0.3) is 0 Å². The number of carboxylic acids is 1. The molecule has 0 radical (unpaired) electrons. The molecule has 0 fully saturated rings. The standard InChI is InChI=1S/C13H13N3O4/c14-7-8-2-1-3-9(6-8)12(18)16-10(13(19)20)4-5-11(15)17/h1-3,6,10H,4-5H2,(H2,15,17)(H,16,18)(H,19,20)/t10-/m0/s1. The zero-order chi connectivity index (χ0) is 15.1. The van der Waals surface area contributed by atoms with Crippen LogP contribution < -0.4 is 11.1 Å². The van der Waals surface area contributed by atoms with Gasteiger partial charge in [-0.05, 0) is 24.6 Å². The molecule has 0 aliphatic carbocycles. The van der Waals surface area contributed by atoms with Crippen LogP contribution in [0.2, 0.25) is 0 Å². The topological polar surface area (TPSA) is 133 Å². The maximum atomic E-state index is 11.9. The van der Waals surface area contributed by atoms with E-state index in [1.165, 1.54) is 24.3 Å². The van der Waals surface area contributed by atoms with Crippen molar-refractivity contribution in [3.63, 3.8) is 0 Å². The molecule has 0 heterocycles. The third-order valence-electron chi connectivity index (χ3n) is 2.54. The summed E-state index contributed by atoms with van der Waals surface area (Å²) < 4.78 is 0. The van der Waals surface area contributed by atoms with Gasteiger partial charge in [0.1, 0.15) is 6.04 Å². The first-order chi connectivity index (χ1) is 9.43. The lowest BCUT2D eigenvalue weighted by Crippen LogP contribution is -2.41. The Morgan fingerprint density at radius 2 is 2.10 bits per heavy atom. The largest absolute Gasteiger partial charge is 0.480 e. The van der Waals surface area contributed by atoms with Crippen LogP contribution in [-0.2, 0) is 9.59 Å². The van der Waals surface area contributed by atoms with E-state index in [1.54, 1.807) is 0 Å². The molecule has 0 bridgehead atoms. The predicted octanol–water partition coefficient (Wildman–Crippen LogP) is 0.00678. The predicted molar refractivity (Wildman–Crippen MR) is 68.5 cm³/mol. The molecule has 4 N–H and O–H groups in total. The molecule has 0 aliphatic rings. The quantitative estimate of drug-likeness (QED) is 0.672. The van der Waals surface area contributed by atoms with Crippen molar-refractivity contribution in [2.45, 2.75) is 18.9 Å². The van der Waals surface area contributed by atoms with Crippen molar-refractivity contribution in [3.8, 4) is 6.07 Å². The minimum atomic E-state index is -1.25. The number of rotatable bonds is 6. The minimum Gasteiger partial charge on any atom is -0.480 e. The van der Waals surface area contributed by atoms with Crippen molar-refractivity contribution in [1.29, 1.82) is 5.26 Å². The number of hydrogen-bond donors (Lipinski definition) is 3. The SMILES string of the molecule is N#Cc1cccc(C(=O)N[C@@H](CCC(N)=O)C(=O)O)c1. The second-order valence-electron chi connectivity index (χ2n) is 4.06. The number of nitriles is 1. The number of carbonyl (C=O) groups excluding carboxylic acids is 2. The van der Waals surface area contributed by atoms with Gasteiger partial charge in [-0.1, -0.05) is 6.07 Å². The number of primary amides is 1. The van der Waals surface area contributed by atoms with Gasteiger partial charge >= 0.3 is 5.97 Å². The van der Waals surface area contributed by atoms with Crippen LogP contribution in [0, 0.1) is 11.3 Å². The summed E-state index contributed by atoms with van der Waals surface area (Å²) in [5, 5.41) is 20.0. The Kier molecular flexibility index (Phi) is 5.23. The molecule has 0 unspecified atom stereocenters. The summed E-state index contributed by atoms with van der Waals surface area (Å²) >= 11 is 0. The molecule has 0 aromatic heterocycles. The fourth-order valence-electron chi connectivity index (χ4n) is 1.52. The highest BCUT2D eigenvalue weighted by atomic mass is 16.4. The molecule has 1 aromatic rings. The number of aliphatic carboxylic acids is 1. The maximum absolute atomic E-state index is 11.9. The molecule has 104 valence electrons. The summed E-state index contributed by atoms with van der Waals surface area (Å²) in [7, 11) is 0. The van der Waals surface area contributed by atoms with Gasteiger partial charge in [-0.25, -0.2) is 4.79 Å². The fourth-order valence-corrected chi connectivity index (χ4v) is 1.52. The molecule has 0 saturated carbocycles. The first-order valence-corrected chi connectivity index (χ1v) is 5.76. The molecular formula is C13H13N3O4. The molecule has 7 nitrogen and oxygen atoms in total. The van der Waals surface area contributed by atoms with Crippen molar-refractivity contribution in [2.75, 3.05) is 0 Å². The average molecular weight is 275 g/mol. The van der Waals surface area contributed by atoms with Gasteiger partial charge in [0.25, 0.3) is 5.91 Å². The first kappa shape index (κ1) is 15.2. The van der Waals surface area contributed by atoms with Gasteiger partial charge in [-0.2, -0.15) is 5.26 Å². The molecule has 0 aliphatic heterocycles. The lowest BCUT2D eigenvalue weighted by atomic mass is 10.1. The van der Waals surface area contributed by atoms with Crippen LogP contribution in [0.5, 0.6) is 0 Å². The Bertz CT molecular complexity index is 577. The molecule has 2 amide bonds. The van der Waals surface area contributed by atoms with E-state index in [9.17, 15) is 14.4 Å². The van der Waals surface area contributed by atoms with E-state index in [-0.39, 0.29) is 18.4 Å². The summed E-state index contributed by atoms with van der Waals surface area (Å²) in [6, 6.07) is 6.53. The van der Waals surface area contributed by atoms with Gasteiger partial charge in [0.15, 0.2) is 0 Å². The average Bonchev–Trinajstić information content (AvgIpc) is 2.42. The highest BCUT2D eigenvalue weighted by Gasteiger charge is 2.21. The Hall–Kier alpha value is -2.88. The molecule has 20 heavy (non-hydrogen) atoms.